The van der Waals surface area contributed by atoms with E-state index in [9.17, 15) is 4.79 Å². The van der Waals surface area contributed by atoms with Crippen LogP contribution in [-0.4, -0.2) is 48.8 Å². The van der Waals surface area contributed by atoms with E-state index in [1.807, 2.05) is 24.3 Å². The summed E-state index contributed by atoms with van der Waals surface area (Å²) in [5, 5.41) is 11.8. The Morgan fingerprint density at radius 1 is 1.43 bits per heavy atom. The second-order valence-corrected chi connectivity index (χ2v) is 5.41. The van der Waals surface area contributed by atoms with Gasteiger partial charge in [-0.25, -0.2) is 0 Å². The first-order chi connectivity index (χ1) is 10.2. The van der Waals surface area contributed by atoms with Crippen LogP contribution in [-0.2, 0) is 4.79 Å². The third kappa shape index (κ3) is 4.72. The molecule has 5 nitrogen and oxygen atoms in total. The molecule has 0 aromatic heterocycles. The number of nitrogens with one attached hydrogen (secondary N) is 1. The maximum atomic E-state index is 12.1. The number of hydrogen-bond donors (Lipinski definition) is 2. The number of likely N-dealkylation sites (tertiary alicyclic amines) is 1. The van der Waals surface area contributed by atoms with E-state index in [0.29, 0.717) is 12.6 Å². The van der Waals surface area contributed by atoms with Gasteiger partial charge in [0.1, 0.15) is 5.75 Å². The average molecular weight is 292 g/mol. The second-order valence-electron chi connectivity index (χ2n) is 5.41. The number of benzene rings is 1. The quantitative estimate of drug-likeness (QED) is 0.805. The predicted octanol–water partition coefficient (Wildman–Crippen LogP) is 1.87. The molecule has 0 bridgehead atoms. The molecule has 0 radical (unpaired) electrons. The monoisotopic (exact) mass is 292 g/mol. The summed E-state index contributed by atoms with van der Waals surface area (Å²) in [6.07, 6.45) is 4.02. The third-order valence-electron chi connectivity index (χ3n) is 3.92. The van der Waals surface area contributed by atoms with Crippen LogP contribution in [0.1, 0.15) is 25.7 Å². The zero-order valence-corrected chi connectivity index (χ0v) is 12.5. The van der Waals surface area contributed by atoms with Crippen LogP contribution in [0.4, 0.5) is 5.69 Å². The standard InChI is InChI=1S/C16H24N2O3/c1-21-15-8-6-13(7-9-15)17-16(20)12-18-10-2-4-14(18)5-3-11-19/h6-9,14,19H,2-5,10-12H2,1H3,(H,17,20). The molecule has 1 aliphatic rings. The maximum Gasteiger partial charge on any atom is 0.238 e. The first-order valence-corrected chi connectivity index (χ1v) is 7.51. The zero-order valence-electron chi connectivity index (χ0n) is 12.5. The fourth-order valence-corrected chi connectivity index (χ4v) is 2.82. The fraction of sp³-hybridized carbons (Fsp3) is 0.562. The SMILES string of the molecule is COc1ccc(NC(=O)CN2CCCC2CCCO)cc1. The molecule has 21 heavy (non-hydrogen) atoms. The lowest BCUT2D eigenvalue weighted by atomic mass is 10.1. The first kappa shape index (κ1) is 15.8. The van der Waals surface area contributed by atoms with Crippen LogP contribution in [0.15, 0.2) is 24.3 Å². The van der Waals surface area contributed by atoms with E-state index in [1.165, 1.54) is 0 Å². The Morgan fingerprint density at radius 2 is 2.19 bits per heavy atom. The lowest BCUT2D eigenvalue weighted by Crippen LogP contribution is -2.36. The van der Waals surface area contributed by atoms with Crippen molar-refractivity contribution in [3.63, 3.8) is 0 Å². The number of anilines is 1. The number of ether oxygens (including phenoxy) is 1. The molecule has 1 unspecified atom stereocenters. The van der Waals surface area contributed by atoms with Gasteiger partial charge in [-0.3, -0.25) is 9.69 Å². The smallest absolute Gasteiger partial charge is 0.238 e. The highest BCUT2D eigenvalue weighted by Gasteiger charge is 2.25. The number of aliphatic hydroxyl groups excluding tert-OH is 1. The van der Waals surface area contributed by atoms with E-state index < -0.39 is 0 Å². The molecule has 1 aromatic rings. The molecule has 116 valence electrons. The molecule has 1 amide bonds. The minimum absolute atomic E-state index is 0.0102. The van der Waals surface area contributed by atoms with Gasteiger partial charge in [-0.15, -0.1) is 0 Å². The zero-order chi connectivity index (χ0) is 15.1. The van der Waals surface area contributed by atoms with Crippen molar-refractivity contribution < 1.29 is 14.6 Å². The van der Waals surface area contributed by atoms with Crippen LogP contribution in [0.5, 0.6) is 5.75 Å². The largest absolute Gasteiger partial charge is 0.497 e. The molecular weight excluding hydrogens is 268 g/mol. The van der Waals surface area contributed by atoms with Gasteiger partial charge in [0.2, 0.25) is 5.91 Å². The summed E-state index contributed by atoms with van der Waals surface area (Å²) in [4.78, 5) is 14.3. The number of methoxy groups -OCH3 is 1. The van der Waals surface area contributed by atoms with Gasteiger partial charge in [-0.05, 0) is 56.5 Å². The Bertz CT molecular complexity index is 447. The number of carbonyl (C=O) groups is 1. The number of nitrogens with zero attached hydrogens (tertiary/aromatic N) is 1. The van der Waals surface area contributed by atoms with Crippen LogP contribution < -0.4 is 10.1 Å². The number of rotatable bonds is 7. The van der Waals surface area contributed by atoms with E-state index >= 15 is 0 Å². The van der Waals surface area contributed by atoms with E-state index in [2.05, 4.69) is 10.2 Å². The lowest BCUT2D eigenvalue weighted by Gasteiger charge is -2.23. The molecular formula is C16H24N2O3. The van der Waals surface area contributed by atoms with E-state index in [4.69, 9.17) is 9.84 Å². The summed E-state index contributed by atoms with van der Waals surface area (Å²) in [5.41, 5.74) is 0.784. The molecule has 1 atom stereocenters. The summed E-state index contributed by atoms with van der Waals surface area (Å²) in [7, 11) is 1.62. The molecule has 5 heteroatoms. The van der Waals surface area contributed by atoms with Crippen LogP contribution in [0.25, 0.3) is 0 Å². The van der Waals surface area contributed by atoms with Crippen LogP contribution >= 0.6 is 0 Å². The van der Waals surface area contributed by atoms with Crippen molar-refractivity contribution >= 4 is 11.6 Å². The Balaban J connectivity index is 1.82. The molecule has 1 saturated heterocycles. The van der Waals surface area contributed by atoms with Gasteiger partial charge >= 0.3 is 0 Å². The average Bonchev–Trinajstić information content (AvgIpc) is 2.93. The Hall–Kier alpha value is -1.59. The first-order valence-electron chi connectivity index (χ1n) is 7.51. The summed E-state index contributed by atoms with van der Waals surface area (Å²) < 4.78 is 5.09. The van der Waals surface area contributed by atoms with Gasteiger partial charge < -0.3 is 15.2 Å². The molecule has 0 saturated carbocycles. The van der Waals surface area contributed by atoms with Crippen LogP contribution in [0.3, 0.4) is 0 Å². The number of hydrogen-bond acceptors (Lipinski definition) is 4. The molecule has 1 fully saturated rings. The highest BCUT2D eigenvalue weighted by atomic mass is 16.5. The highest BCUT2D eigenvalue weighted by Crippen LogP contribution is 2.21. The minimum Gasteiger partial charge on any atom is -0.497 e. The van der Waals surface area contributed by atoms with Crippen LogP contribution in [0.2, 0.25) is 0 Å². The topological polar surface area (TPSA) is 61.8 Å². The number of carbonyl (C=O) groups excluding carboxylic acids is 1. The molecule has 1 aromatic carbocycles. The van der Waals surface area contributed by atoms with Crippen molar-refractivity contribution in [3.05, 3.63) is 24.3 Å². The van der Waals surface area contributed by atoms with Gasteiger partial charge in [0.05, 0.1) is 13.7 Å². The molecule has 0 spiro atoms. The maximum absolute atomic E-state index is 12.1. The van der Waals surface area contributed by atoms with Gasteiger partial charge in [0.15, 0.2) is 0 Å². The Kier molecular flexibility index (Phi) is 6.02. The fourth-order valence-electron chi connectivity index (χ4n) is 2.82. The van der Waals surface area contributed by atoms with Gasteiger partial charge in [0.25, 0.3) is 0 Å². The predicted molar refractivity (Wildman–Crippen MR) is 82.5 cm³/mol. The van der Waals surface area contributed by atoms with Crippen molar-refractivity contribution in [2.24, 2.45) is 0 Å². The second kappa shape index (κ2) is 8.00. The summed E-state index contributed by atoms with van der Waals surface area (Å²) in [5.74, 6) is 0.785. The summed E-state index contributed by atoms with van der Waals surface area (Å²) >= 11 is 0. The Labute approximate surface area is 125 Å². The van der Waals surface area contributed by atoms with E-state index in [-0.39, 0.29) is 12.5 Å². The normalized spacial score (nSPS) is 18.7. The minimum atomic E-state index is 0.0102. The third-order valence-corrected chi connectivity index (χ3v) is 3.92. The number of amides is 1. The van der Waals surface area contributed by atoms with Crippen molar-refractivity contribution in [2.75, 3.05) is 32.1 Å². The molecule has 2 rings (SSSR count). The van der Waals surface area contributed by atoms with Gasteiger partial charge in [-0.1, -0.05) is 0 Å². The van der Waals surface area contributed by atoms with Crippen LogP contribution in [0, 0.1) is 0 Å². The van der Waals surface area contributed by atoms with Gasteiger partial charge in [0, 0.05) is 18.3 Å². The number of aliphatic hydroxyl groups is 1. The van der Waals surface area contributed by atoms with Crippen molar-refractivity contribution in [1.82, 2.24) is 4.90 Å². The van der Waals surface area contributed by atoms with E-state index in [0.717, 1.165) is 43.7 Å². The Morgan fingerprint density at radius 3 is 2.86 bits per heavy atom. The van der Waals surface area contributed by atoms with Crippen molar-refractivity contribution in [3.8, 4) is 5.75 Å². The van der Waals surface area contributed by atoms with Gasteiger partial charge in [-0.2, -0.15) is 0 Å². The lowest BCUT2D eigenvalue weighted by molar-refractivity contribution is -0.117. The van der Waals surface area contributed by atoms with Crippen molar-refractivity contribution in [2.45, 2.75) is 31.7 Å². The van der Waals surface area contributed by atoms with Crippen molar-refractivity contribution in [1.29, 1.82) is 0 Å². The molecule has 1 aliphatic heterocycles. The molecule has 2 N–H and O–H groups in total. The summed E-state index contributed by atoms with van der Waals surface area (Å²) in [6, 6.07) is 7.76. The summed E-state index contributed by atoms with van der Waals surface area (Å²) in [6.45, 7) is 1.61. The molecule has 1 heterocycles. The molecule has 0 aliphatic carbocycles. The highest BCUT2D eigenvalue weighted by molar-refractivity contribution is 5.92. The van der Waals surface area contributed by atoms with E-state index in [1.54, 1.807) is 7.11 Å².